The molecule has 0 bridgehead atoms. The van der Waals surface area contributed by atoms with E-state index in [-0.39, 0.29) is 24.0 Å². The van der Waals surface area contributed by atoms with Crippen LogP contribution in [0.15, 0.2) is 41.7 Å². The number of aliphatic imine (C=N–C) groups is 1. The lowest BCUT2D eigenvalue weighted by Gasteiger charge is -2.07. The third-order valence-electron chi connectivity index (χ3n) is 2.04. The fraction of sp³-hybridized carbons (Fsp3) is 0.100. The first-order chi connectivity index (χ1) is 7.07. The van der Waals surface area contributed by atoms with Gasteiger partial charge < -0.3 is 24.0 Å². The average molecular weight is 340 g/mol. The third kappa shape index (κ3) is 2.82. The Bertz CT molecular complexity index is 438. The van der Waals surface area contributed by atoms with Crippen LogP contribution in [-0.2, 0) is 6.18 Å². The summed E-state index contributed by atoms with van der Waals surface area (Å²) in [5.41, 5.74) is -0.169. The number of nitrogens with zero attached hydrogens (tertiary/aromatic N) is 1. The molecule has 1 aliphatic rings. The van der Waals surface area contributed by atoms with E-state index in [0.29, 0.717) is 11.4 Å². The monoisotopic (exact) mass is 340 g/mol. The van der Waals surface area contributed by atoms with Crippen molar-refractivity contribution in [3.63, 3.8) is 0 Å². The maximum absolute atomic E-state index is 12.4. The maximum atomic E-state index is 12.4. The van der Waals surface area contributed by atoms with Crippen LogP contribution in [-0.4, -0.2) is 5.84 Å². The molecule has 0 saturated heterocycles. The Hall–Kier alpha value is -0.890. The molecule has 2 rings (SSSR count). The Morgan fingerprint density at radius 3 is 2.50 bits per heavy atom. The number of quaternary nitrogens is 1. The van der Waals surface area contributed by atoms with Crippen molar-refractivity contribution in [1.82, 2.24) is 0 Å². The summed E-state index contributed by atoms with van der Waals surface area (Å²) in [5.74, 6) is 0.557. The molecule has 0 aromatic heterocycles. The fourth-order valence-electron chi connectivity index (χ4n) is 1.33. The van der Waals surface area contributed by atoms with E-state index in [1.54, 1.807) is 23.8 Å². The topological polar surface area (TPSA) is 29.0 Å². The van der Waals surface area contributed by atoms with Crippen LogP contribution in [0.4, 0.5) is 13.2 Å². The zero-order chi connectivity index (χ0) is 10.9. The zero-order valence-electron chi connectivity index (χ0n) is 8.00. The predicted molar refractivity (Wildman–Crippen MR) is 49.0 cm³/mol. The van der Waals surface area contributed by atoms with E-state index in [0.717, 1.165) is 12.1 Å². The molecular weight excluding hydrogens is 332 g/mol. The number of amidine groups is 1. The fourth-order valence-corrected chi connectivity index (χ4v) is 1.33. The van der Waals surface area contributed by atoms with Crippen molar-refractivity contribution in [2.24, 2.45) is 4.99 Å². The van der Waals surface area contributed by atoms with Gasteiger partial charge in [-0.2, -0.15) is 18.2 Å². The van der Waals surface area contributed by atoms with E-state index in [9.17, 15) is 13.2 Å². The van der Waals surface area contributed by atoms with Crippen molar-refractivity contribution in [3.05, 3.63) is 47.8 Å². The molecule has 0 unspecified atom stereocenters. The van der Waals surface area contributed by atoms with E-state index in [1.165, 1.54) is 6.07 Å². The molecule has 0 fully saturated rings. The smallest absolute Gasteiger partial charge is 0.416 e. The Balaban J connectivity index is 0.00000128. The second-order valence-electron chi connectivity index (χ2n) is 3.10. The van der Waals surface area contributed by atoms with E-state index < -0.39 is 11.7 Å². The van der Waals surface area contributed by atoms with Gasteiger partial charge >= 0.3 is 6.18 Å². The molecule has 0 radical (unpaired) electrons. The summed E-state index contributed by atoms with van der Waals surface area (Å²) >= 11 is 0. The van der Waals surface area contributed by atoms with Crippen molar-refractivity contribution in [3.8, 4) is 0 Å². The van der Waals surface area contributed by atoms with Gasteiger partial charge in [0, 0.05) is 0 Å². The summed E-state index contributed by atoms with van der Waals surface area (Å²) in [6.45, 7) is 0. The van der Waals surface area contributed by atoms with Crippen LogP contribution in [0.3, 0.4) is 0 Å². The summed E-state index contributed by atoms with van der Waals surface area (Å²) in [7, 11) is 0. The normalized spacial score (nSPS) is 14.6. The Labute approximate surface area is 107 Å². The summed E-state index contributed by atoms with van der Waals surface area (Å²) in [6.07, 6.45) is -1.06. The molecule has 0 saturated carbocycles. The van der Waals surface area contributed by atoms with Crippen LogP contribution in [0.5, 0.6) is 0 Å². The van der Waals surface area contributed by atoms with Gasteiger partial charge in [-0.1, -0.05) is 6.07 Å². The molecule has 2 nitrogen and oxygen atoms in total. The van der Waals surface area contributed by atoms with Gasteiger partial charge in [-0.3, -0.25) is 5.32 Å². The molecule has 0 atom stereocenters. The van der Waals surface area contributed by atoms with Crippen LogP contribution in [0, 0.1) is 0 Å². The van der Waals surface area contributed by atoms with E-state index in [2.05, 4.69) is 4.99 Å². The minimum Gasteiger partial charge on any atom is -1.00 e. The van der Waals surface area contributed by atoms with Crippen LogP contribution in [0.25, 0.3) is 0 Å². The first kappa shape index (κ1) is 13.2. The largest absolute Gasteiger partial charge is 1.00 e. The lowest BCUT2D eigenvalue weighted by Crippen LogP contribution is -3.00. The Kier molecular flexibility index (Phi) is 4.09. The first-order valence-electron chi connectivity index (χ1n) is 4.33. The van der Waals surface area contributed by atoms with Crippen molar-refractivity contribution in [1.29, 1.82) is 0 Å². The molecule has 1 aliphatic heterocycles. The first-order valence-corrected chi connectivity index (χ1v) is 4.33. The minimum atomic E-state index is -4.30. The number of hydrogen-bond acceptors (Lipinski definition) is 1. The highest BCUT2D eigenvalue weighted by Crippen LogP contribution is 2.29. The van der Waals surface area contributed by atoms with Crippen molar-refractivity contribution in [2.45, 2.75) is 6.18 Å². The van der Waals surface area contributed by atoms with Crippen LogP contribution in [0.2, 0.25) is 0 Å². The minimum absolute atomic E-state index is 0. The predicted octanol–water partition coefficient (Wildman–Crippen LogP) is -1.50. The van der Waals surface area contributed by atoms with Gasteiger partial charge in [-0.05, 0) is 18.2 Å². The summed E-state index contributed by atoms with van der Waals surface area (Å²) in [4.78, 5) is 3.94. The van der Waals surface area contributed by atoms with E-state index in [4.69, 9.17) is 0 Å². The van der Waals surface area contributed by atoms with Crippen molar-refractivity contribution in [2.75, 3.05) is 0 Å². The van der Waals surface area contributed by atoms with Gasteiger partial charge in [0.2, 0.25) is 5.84 Å². The maximum Gasteiger partial charge on any atom is 0.416 e. The molecule has 0 aliphatic carbocycles. The highest BCUT2D eigenvalue weighted by Gasteiger charge is 2.31. The van der Waals surface area contributed by atoms with Gasteiger partial charge in [0.05, 0.1) is 17.3 Å². The zero-order valence-corrected chi connectivity index (χ0v) is 10.2. The molecule has 16 heavy (non-hydrogen) atoms. The summed E-state index contributed by atoms with van der Waals surface area (Å²) < 4.78 is 37.2. The van der Waals surface area contributed by atoms with Crippen LogP contribution in [0.1, 0.15) is 11.1 Å². The third-order valence-corrected chi connectivity index (χ3v) is 2.04. The standard InChI is InChI=1S/C10H7F3N2.HI/c11-10(12,13)8-3-1-2-7(6-8)9-14-4-5-15-9;/h1-6H,(H,14,15);1H. The molecule has 2 N–H and O–H groups in total. The summed E-state index contributed by atoms with van der Waals surface area (Å²) in [6, 6.07) is 5.14. The van der Waals surface area contributed by atoms with E-state index >= 15 is 0 Å². The number of benzene rings is 1. The van der Waals surface area contributed by atoms with Gasteiger partial charge in [0.15, 0.2) is 0 Å². The molecule has 86 valence electrons. The molecule has 6 heteroatoms. The quantitative estimate of drug-likeness (QED) is 0.604. The molecular formula is C10H8F3IN2. The van der Waals surface area contributed by atoms with Crippen molar-refractivity contribution >= 4 is 5.84 Å². The average Bonchev–Trinajstić information content (AvgIpc) is 2.69. The molecule has 0 spiro atoms. The number of halogens is 4. The summed E-state index contributed by atoms with van der Waals surface area (Å²) in [5, 5.41) is 1.68. The van der Waals surface area contributed by atoms with Gasteiger partial charge in [0.1, 0.15) is 6.20 Å². The van der Waals surface area contributed by atoms with E-state index in [1.807, 2.05) is 0 Å². The SMILES string of the molecule is FC(F)(F)c1cccc(C2=NC=C[NH2+]2)c1.[I-]. The molecule has 1 heterocycles. The number of hydrogen-bond donors (Lipinski definition) is 1. The lowest BCUT2D eigenvalue weighted by molar-refractivity contribution is -0.456. The Morgan fingerprint density at radius 1 is 1.19 bits per heavy atom. The van der Waals surface area contributed by atoms with Gasteiger partial charge in [0.25, 0.3) is 0 Å². The number of nitrogens with two attached hydrogens (primary N) is 1. The Morgan fingerprint density at radius 2 is 1.94 bits per heavy atom. The number of alkyl halides is 3. The van der Waals surface area contributed by atoms with Crippen LogP contribution < -0.4 is 29.3 Å². The second-order valence-corrected chi connectivity index (χ2v) is 3.10. The number of rotatable bonds is 1. The second kappa shape index (κ2) is 4.96. The van der Waals surface area contributed by atoms with Gasteiger partial charge in [-0.15, -0.1) is 0 Å². The highest BCUT2D eigenvalue weighted by atomic mass is 127. The van der Waals surface area contributed by atoms with Crippen LogP contribution >= 0.6 is 0 Å². The molecule has 0 amide bonds. The lowest BCUT2D eigenvalue weighted by atomic mass is 10.1. The van der Waals surface area contributed by atoms with Gasteiger partial charge in [-0.25, -0.2) is 0 Å². The molecule has 1 aromatic carbocycles. The highest BCUT2D eigenvalue weighted by molar-refractivity contribution is 5.92. The molecule has 1 aromatic rings. The van der Waals surface area contributed by atoms with Crippen molar-refractivity contribution < 1.29 is 42.5 Å².